The number of sulfonamides is 1. The molecular formula is C13H19NO4S. The van der Waals surface area contributed by atoms with Crippen molar-refractivity contribution in [1.82, 2.24) is 4.31 Å². The molecule has 1 atom stereocenters. The minimum absolute atomic E-state index is 0.198. The smallest absolute Gasteiger partial charge is 0.323 e. The summed E-state index contributed by atoms with van der Waals surface area (Å²) in [6, 6.07) is 7.46. The summed E-state index contributed by atoms with van der Waals surface area (Å²) in [6.45, 7) is 5.23. The molecule has 0 aliphatic rings. The molecule has 1 aromatic carbocycles. The van der Waals surface area contributed by atoms with Crippen molar-refractivity contribution in [3.05, 3.63) is 35.4 Å². The number of rotatable bonds is 6. The van der Waals surface area contributed by atoms with Gasteiger partial charge < -0.3 is 5.11 Å². The Bertz CT molecular complexity index is 554. The molecule has 1 aromatic rings. The van der Waals surface area contributed by atoms with E-state index in [2.05, 4.69) is 0 Å². The maximum Gasteiger partial charge on any atom is 0.323 e. The van der Waals surface area contributed by atoms with E-state index in [0.717, 1.165) is 11.1 Å². The van der Waals surface area contributed by atoms with Crippen molar-refractivity contribution < 1.29 is 18.3 Å². The summed E-state index contributed by atoms with van der Waals surface area (Å²) >= 11 is 0. The highest BCUT2D eigenvalue weighted by Gasteiger charge is 2.33. The van der Waals surface area contributed by atoms with E-state index >= 15 is 0 Å². The number of nitrogens with zero attached hydrogens (tertiary/aromatic N) is 1. The monoisotopic (exact) mass is 285 g/mol. The lowest BCUT2D eigenvalue weighted by Crippen LogP contribution is -2.40. The molecule has 0 saturated carbocycles. The van der Waals surface area contributed by atoms with E-state index in [0.29, 0.717) is 0 Å². The van der Waals surface area contributed by atoms with Crippen molar-refractivity contribution in [2.75, 3.05) is 6.54 Å². The van der Waals surface area contributed by atoms with Crippen molar-refractivity contribution in [2.45, 2.75) is 32.6 Å². The summed E-state index contributed by atoms with van der Waals surface area (Å²) in [6.07, 6.45) is 0. The predicted octanol–water partition coefficient (Wildman–Crippen LogP) is 1.62. The van der Waals surface area contributed by atoms with Crippen molar-refractivity contribution in [3.8, 4) is 0 Å². The highest BCUT2D eigenvalue weighted by Crippen LogP contribution is 2.16. The maximum atomic E-state index is 12.2. The Labute approximate surface area is 113 Å². The minimum Gasteiger partial charge on any atom is -0.480 e. The van der Waals surface area contributed by atoms with Crippen LogP contribution in [0.3, 0.4) is 0 Å². The van der Waals surface area contributed by atoms with Gasteiger partial charge in [0.15, 0.2) is 5.25 Å². The Morgan fingerprint density at radius 2 is 1.95 bits per heavy atom. The summed E-state index contributed by atoms with van der Waals surface area (Å²) in [4.78, 5) is 10.9. The van der Waals surface area contributed by atoms with E-state index in [9.17, 15) is 13.2 Å². The van der Waals surface area contributed by atoms with Crippen LogP contribution in [0.25, 0.3) is 0 Å². The van der Waals surface area contributed by atoms with Gasteiger partial charge in [-0.1, -0.05) is 31.2 Å². The van der Waals surface area contributed by atoms with Crippen LogP contribution in [0.2, 0.25) is 0 Å². The molecule has 6 heteroatoms. The number of benzene rings is 1. The fraction of sp³-hybridized carbons (Fsp3) is 0.462. The normalized spacial score (nSPS) is 13.5. The SMILES string of the molecule is CCN(Cc1ccccc1C)S(=O)(=O)C(C)C(=O)O. The summed E-state index contributed by atoms with van der Waals surface area (Å²) in [5, 5.41) is 7.44. The Kier molecular flexibility index (Phi) is 5.08. The average molecular weight is 285 g/mol. The van der Waals surface area contributed by atoms with Crippen molar-refractivity contribution in [1.29, 1.82) is 0 Å². The molecule has 0 heterocycles. The molecular weight excluding hydrogens is 266 g/mol. The highest BCUT2D eigenvalue weighted by atomic mass is 32.2. The van der Waals surface area contributed by atoms with E-state index in [-0.39, 0.29) is 13.1 Å². The largest absolute Gasteiger partial charge is 0.480 e. The fourth-order valence-electron chi connectivity index (χ4n) is 1.71. The zero-order valence-electron chi connectivity index (χ0n) is 11.3. The summed E-state index contributed by atoms with van der Waals surface area (Å²) in [5.74, 6) is -1.33. The van der Waals surface area contributed by atoms with Crippen LogP contribution in [0.5, 0.6) is 0 Å². The Morgan fingerprint density at radius 3 is 2.42 bits per heavy atom. The van der Waals surface area contributed by atoms with Crippen LogP contribution in [0.1, 0.15) is 25.0 Å². The minimum atomic E-state index is -3.83. The predicted molar refractivity (Wildman–Crippen MR) is 73.3 cm³/mol. The lowest BCUT2D eigenvalue weighted by molar-refractivity contribution is -0.136. The second-order valence-corrected chi connectivity index (χ2v) is 6.63. The van der Waals surface area contributed by atoms with Gasteiger partial charge in [-0.25, -0.2) is 8.42 Å². The van der Waals surface area contributed by atoms with Gasteiger partial charge in [-0.3, -0.25) is 4.79 Å². The average Bonchev–Trinajstić information content (AvgIpc) is 2.36. The zero-order chi connectivity index (χ0) is 14.6. The van der Waals surface area contributed by atoms with Crippen LogP contribution in [-0.4, -0.2) is 35.6 Å². The van der Waals surface area contributed by atoms with Gasteiger partial charge in [0.05, 0.1) is 0 Å². The summed E-state index contributed by atoms with van der Waals surface area (Å²) in [5.41, 5.74) is 1.87. The van der Waals surface area contributed by atoms with Gasteiger partial charge in [-0.15, -0.1) is 0 Å². The van der Waals surface area contributed by atoms with Crippen LogP contribution in [0, 0.1) is 6.92 Å². The zero-order valence-corrected chi connectivity index (χ0v) is 12.1. The van der Waals surface area contributed by atoms with E-state index in [1.165, 1.54) is 11.2 Å². The van der Waals surface area contributed by atoms with Crippen LogP contribution in [-0.2, 0) is 21.4 Å². The summed E-state index contributed by atoms with van der Waals surface area (Å²) < 4.78 is 25.5. The summed E-state index contributed by atoms with van der Waals surface area (Å²) in [7, 11) is -3.83. The number of hydrogen-bond donors (Lipinski definition) is 1. The molecule has 0 spiro atoms. The molecule has 5 nitrogen and oxygen atoms in total. The first-order valence-electron chi connectivity index (χ1n) is 6.07. The molecule has 1 unspecified atom stereocenters. The molecule has 1 rings (SSSR count). The molecule has 0 bridgehead atoms. The van der Waals surface area contributed by atoms with Crippen molar-refractivity contribution in [3.63, 3.8) is 0 Å². The van der Waals surface area contributed by atoms with E-state index < -0.39 is 21.2 Å². The molecule has 0 aromatic heterocycles. The van der Waals surface area contributed by atoms with Crippen molar-refractivity contribution >= 4 is 16.0 Å². The lowest BCUT2D eigenvalue weighted by Gasteiger charge is -2.23. The first-order valence-corrected chi connectivity index (χ1v) is 7.57. The van der Waals surface area contributed by atoms with E-state index in [1.54, 1.807) is 6.92 Å². The third kappa shape index (κ3) is 3.54. The van der Waals surface area contributed by atoms with Gasteiger partial charge >= 0.3 is 5.97 Å². The second-order valence-electron chi connectivity index (χ2n) is 4.38. The van der Waals surface area contributed by atoms with E-state index in [4.69, 9.17) is 5.11 Å². The molecule has 1 N–H and O–H groups in total. The number of aryl methyl sites for hydroxylation is 1. The Hall–Kier alpha value is -1.40. The van der Waals surface area contributed by atoms with Gasteiger partial charge in [0, 0.05) is 13.1 Å². The molecule has 0 fully saturated rings. The standard InChI is InChI=1S/C13H19NO4S/c1-4-14(19(17,18)11(3)13(15)16)9-12-8-6-5-7-10(12)2/h5-8,11H,4,9H2,1-3H3,(H,15,16). The third-order valence-corrected chi connectivity index (χ3v) is 5.32. The van der Waals surface area contributed by atoms with Crippen LogP contribution in [0.15, 0.2) is 24.3 Å². The molecule has 19 heavy (non-hydrogen) atoms. The highest BCUT2D eigenvalue weighted by molar-refractivity contribution is 7.90. The van der Waals surface area contributed by atoms with Crippen LogP contribution < -0.4 is 0 Å². The maximum absolute atomic E-state index is 12.2. The van der Waals surface area contributed by atoms with Gasteiger partial charge in [0.1, 0.15) is 0 Å². The number of carboxylic acid groups (broad SMARTS) is 1. The number of hydrogen-bond acceptors (Lipinski definition) is 3. The molecule has 0 aliphatic heterocycles. The molecule has 0 aliphatic carbocycles. The van der Waals surface area contributed by atoms with Gasteiger partial charge in [0.2, 0.25) is 10.0 Å². The number of aliphatic carboxylic acids is 1. The molecule has 0 radical (unpaired) electrons. The van der Waals surface area contributed by atoms with Gasteiger partial charge in [-0.05, 0) is 25.0 Å². The van der Waals surface area contributed by atoms with Gasteiger partial charge in [0.25, 0.3) is 0 Å². The Balaban J connectivity index is 3.03. The lowest BCUT2D eigenvalue weighted by atomic mass is 10.1. The number of carboxylic acids is 1. The fourth-order valence-corrected chi connectivity index (χ4v) is 3.09. The first kappa shape index (κ1) is 15.7. The molecule has 0 amide bonds. The van der Waals surface area contributed by atoms with Crippen LogP contribution in [0.4, 0.5) is 0 Å². The first-order chi connectivity index (χ1) is 8.80. The second kappa shape index (κ2) is 6.16. The van der Waals surface area contributed by atoms with Crippen LogP contribution >= 0.6 is 0 Å². The van der Waals surface area contributed by atoms with Crippen molar-refractivity contribution in [2.24, 2.45) is 0 Å². The molecule has 0 saturated heterocycles. The Morgan fingerprint density at radius 1 is 1.37 bits per heavy atom. The third-order valence-electron chi connectivity index (χ3n) is 3.12. The van der Waals surface area contributed by atoms with Gasteiger partial charge in [-0.2, -0.15) is 4.31 Å². The molecule has 106 valence electrons. The van der Waals surface area contributed by atoms with E-state index in [1.807, 2.05) is 31.2 Å². The topological polar surface area (TPSA) is 74.7 Å². The quantitative estimate of drug-likeness (QED) is 0.862. The number of carbonyl (C=O) groups is 1.